The van der Waals surface area contributed by atoms with Crippen LogP contribution in [0.3, 0.4) is 0 Å². The van der Waals surface area contributed by atoms with E-state index in [9.17, 15) is 9.59 Å². The quantitative estimate of drug-likeness (QED) is 0.662. The Morgan fingerprint density at radius 3 is 2.12 bits per heavy atom. The van der Waals surface area contributed by atoms with Crippen LogP contribution in [0.5, 0.6) is 0 Å². The predicted octanol–water partition coefficient (Wildman–Crippen LogP) is 4.21. The van der Waals surface area contributed by atoms with Gasteiger partial charge in [0.05, 0.1) is 13.2 Å². The summed E-state index contributed by atoms with van der Waals surface area (Å²) in [5.74, 6) is -0.515. The number of nitrogens with one attached hydrogen (secondary N) is 2. The van der Waals surface area contributed by atoms with Crippen molar-refractivity contribution in [3.63, 3.8) is 0 Å². The summed E-state index contributed by atoms with van der Waals surface area (Å²) in [7, 11) is 0. The van der Waals surface area contributed by atoms with Crippen molar-refractivity contribution in [1.29, 1.82) is 0 Å². The fourth-order valence-electron chi connectivity index (χ4n) is 3.81. The van der Waals surface area contributed by atoms with E-state index in [0.29, 0.717) is 5.56 Å². The van der Waals surface area contributed by atoms with Gasteiger partial charge in [0.1, 0.15) is 6.04 Å². The second kappa shape index (κ2) is 10.9. The first kappa shape index (κ1) is 24.9. The molecule has 1 aliphatic rings. The van der Waals surface area contributed by atoms with Gasteiger partial charge in [-0.15, -0.1) is 0 Å². The zero-order valence-electron chi connectivity index (χ0n) is 20.5. The van der Waals surface area contributed by atoms with Gasteiger partial charge in [-0.25, -0.2) is 0 Å². The topological polar surface area (TPSA) is 70.7 Å². The minimum Gasteiger partial charge on any atom is -0.379 e. The second-order valence-corrected chi connectivity index (χ2v) is 10.1. The molecule has 2 amide bonds. The van der Waals surface area contributed by atoms with Gasteiger partial charge in [-0.1, -0.05) is 58.9 Å². The molecule has 0 aliphatic carbocycles. The van der Waals surface area contributed by atoms with Gasteiger partial charge in [0.15, 0.2) is 0 Å². The van der Waals surface area contributed by atoms with Crippen LogP contribution >= 0.6 is 0 Å². The molecule has 1 aliphatic heterocycles. The number of carbonyl (C=O) groups excluding carboxylic acids is 2. The fraction of sp³-hybridized carbons (Fsp3) is 0.481. The lowest BCUT2D eigenvalue weighted by molar-refractivity contribution is -0.118. The average molecular weight is 452 g/mol. The highest BCUT2D eigenvalue weighted by atomic mass is 16.5. The predicted molar refractivity (Wildman–Crippen MR) is 132 cm³/mol. The summed E-state index contributed by atoms with van der Waals surface area (Å²) in [5.41, 5.74) is 3.65. The lowest BCUT2D eigenvalue weighted by atomic mass is 9.86. The van der Waals surface area contributed by atoms with Crippen LogP contribution in [0.2, 0.25) is 0 Å². The van der Waals surface area contributed by atoms with Gasteiger partial charge in [0, 0.05) is 30.9 Å². The molecule has 2 aromatic rings. The maximum Gasteiger partial charge on any atom is 0.251 e. The molecule has 0 bridgehead atoms. The van der Waals surface area contributed by atoms with Gasteiger partial charge in [-0.05, 0) is 46.7 Å². The van der Waals surface area contributed by atoms with Crippen LogP contribution in [0.4, 0.5) is 5.69 Å². The normalized spacial score (nSPS) is 15.8. The Labute approximate surface area is 197 Å². The summed E-state index contributed by atoms with van der Waals surface area (Å²) in [6.07, 6.45) is 0. The molecule has 33 heavy (non-hydrogen) atoms. The van der Waals surface area contributed by atoms with Crippen molar-refractivity contribution >= 4 is 17.5 Å². The highest BCUT2D eigenvalue weighted by Crippen LogP contribution is 2.22. The Bertz CT molecular complexity index is 925. The van der Waals surface area contributed by atoms with E-state index >= 15 is 0 Å². The first-order chi connectivity index (χ1) is 15.6. The van der Waals surface area contributed by atoms with Crippen LogP contribution in [-0.4, -0.2) is 49.1 Å². The smallest absolute Gasteiger partial charge is 0.251 e. The highest BCUT2D eigenvalue weighted by molar-refractivity contribution is 6.01. The number of ether oxygens (including phenoxy) is 1. The second-order valence-electron chi connectivity index (χ2n) is 10.1. The number of amides is 2. The van der Waals surface area contributed by atoms with E-state index in [1.165, 1.54) is 5.56 Å². The van der Waals surface area contributed by atoms with E-state index in [0.717, 1.165) is 44.1 Å². The third kappa shape index (κ3) is 7.14. The molecule has 3 rings (SSSR count). The number of morpholine rings is 1. The number of anilines is 1. The van der Waals surface area contributed by atoms with Gasteiger partial charge < -0.3 is 15.4 Å². The van der Waals surface area contributed by atoms with Gasteiger partial charge in [-0.2, -0.15) is 0 Å². The summed E-state index contributed by atoms with van der Waals surface area (Å²) >= 11 is 0. The van der Waals surface area contributed by atoms with E-state index in [2.05, 4.69) is 36.3 Å². The van der Waals surface area contributed by atoms with E-state index in [1.807, 2.05) is 62.4 Å². The van der Waals surface area contributed by atoms with Crippen molar-refractivity contribution in [2.45, 2.75) is 52.6 Å². The summed E-state index contributed by atoms with van der Waals surface area (Å²) in [6.45, 7) is 14.6. The number of rotatable bonds is 7. The number of benzene rings is 2. The zero-order chi connectivity index (χ0) is 24.0. The van der Waals surface area contributed by atoms with Crippen LogP contribution in [0, 0.1) is 5.92 Å². The molecule has 0 radical (unpaired) electrons. The van der Waals surface area contributed by atoms with Crippen molar-refractivity contribution in [3.05, 3.63) is 65.2 Å². The fourth-order valence-corrected chi connectivity index (χ4v) is 3.81. The minimum atomic E-state index is -0.632. The van der Waals surface area contributed by atoms with Gasteiger partial charge in [-0.3, -0.25) is 14.5 Å². The van der Waals surface area contributed by atoms with Crippen molar-refractivity contribution in [2.24, 2.45) is 5.92 Å². The molecule has 1 saturated heterocycles. The molecular weight excluding hydrogens is 414 g/mol. The third-order valence-corrected chi connectivity index (χ3v) is 5.98. The Kier molecular flexibility index (Phi) is 8.27. The molecular formula is C27H37N3O3. The van der Waals surface area contributed by atoms with Crippen molar-refractivity contribution in [2.75, 3.05) is 31.6 Å². The summed E-state index contributed by atoms with van der Waals surface area (Å²) in [4.78, 5) is 28.1. The summed E-state index contributed by atoms with van der Waals surface area (Å²) < 4.78 is 5.40. The number of hydrogen-bond donors (Lipinski definition) is 2. The van der Waals surface area contributed by atoms with Crippen molar-refractivity contribution < 1.29 is 14.3 Å². The minimum absolute atomic E-state index is 0.0209. The van der Waals surface area contributed by atoms with Crippen LogP contribution in [0.25, 0.3) is 0 Å². The largest absolute Gasteiger partial charge is 0.379 e. The lowest BCUT2D eigenvalue weighted by Gasteiger charge is -2.26. The molecule has 1 unspecified atom stereocenters. The molecule has 1 atom stereocenters. The maximum atomic E-state index is 13.0. The Morgan fingerprint density at radius 2 is 1.58 bits per heavy atom. The first-order valence-corrected chi connectivity index (χ1v) is 11.7. The van der Waals surface area contributed by atoms with E-state index < -0.39 is 6.04 Å². The molecule has 178 valence electrons. The Balaban J connectivity index is 1.59. The summed E-state index contributed by atoms with van der Waals surface area (Å²) in [6, 6.07) is 14.8. The monoisotopic (exact) mass is 451 g/mol. The van der Waals surface area contributed by atoms with Gasteiger partial charge in [0.25, 0.3) is 5.91 Å². The number of hydrogen-bond acceptors (Lipinski definition) is 4. The molecule has 0 spiro atoms. The van der Waals surface area contributed by atoms with E-state index in [1.54, 1.807) is 0 Å². The van der Waals surface area contributed by atoms with E-state index in [4.69, 9.17) is 4.74 Å². The van der Waals surface area contributed by atoms with E-state index in [-0.39, 0.29) is 23.1 Å². The SMILES string of the molecule is CC(C)C(NC(=O)c1ccc(C(C)(C)C)cc1)C(=O)Nc1ccc(CN2CCOCC2)cc1. The van der Waals surface area contributed by atoms with Crippen molar-refractivity contribution in [1.82, 2.24) is 10.2 Å². The van der Waals surface area contributed by atoms with Crippen molar-refractivity contribution in [3.8, 4) is 0 Å². The highest BCUT2D eigenvalue weighted by Gasteiger charge is 2.25. The number of carbonyl (C=O) groups is 2. The van der Waals surface area contributed by atoms with Gasteiger partial charge in [0.2, 0.25) is 5.91 Å². The molecule has 1 fully saturated rings. The maximum absolute atomic E-state index is 13.0. The first-order valence-electron chi connectivity index (χ1n) is 11.7. The van der Waals surface area contributed by atoms with Gasteiger partial charge >= 0.3 is 0 Å². The number of nitrogens with zero attached hydrogens (tertiary/aromatic N) is 1. The Hall–Kier alpha value is -2.70. The standard InChI is InChI=1S/C27H37N3O3/c1-19(2)24(29-25(31)21-8-10-22(11-9-21)27(3,4)5)26(32)28-23-12-6-20(7-13-23)18-30-14-16-33-17-15-30/h6-13,19,24H,14-18H2,1-5H3,(H,28,32)(H,29,31). The summed E-state index contributed by atoms with van der Waals surface area (Å²) in [5, 5.41) is 5.86. The third-order valence-electron chi connectivity index (χ3n) is 5.98. The Morgan fingerprint density at radius 1 is 0.970 bits per heavy atom. The van der Waals surface area contributed by atoms with Crippen LogP contribution < -0.4 is 10.6 Å². The van der Waals surface area contributed by atoms with Crippen LogP contribution in [0.1, 0.15) is 56.1 Å². The molecule has 0 aromatic heterocycles. The molecule has 1 heterocycles. The molecule has 0 saturated carbocycles. The zero-order valence-corrected chi connectivity index (χ0v) is 20.5. The van der Waals surface area contributed by atoms with Crippen LogP contribution in [-0.2, 0) is 21.5 Å². The molecule has 6 nitrogen and oxygen atoms in total. The molecule has 2 N–H and O–H groups in total. The lowest BCUT2D eigenvalue weighted by Crippen LogP contribution is -2.47. The molecule has 6 heteroatoms. The average Bonchev–Trinajstić information content (AvgIpc) is 2.78. The van der Waals surface area contributed by atoms with Crippen LogP contribution in [0.15, 0.2) is 48.5 Å². The molecule has 2 aromatic carbocycles.